The molecule has 7 nitrogen and oxygen atoms in total. The van der Waals surface area contributed by atoms with Crippen molar-refractivity contribution in [2.45, 2.75) is 32.6 Å². The summed E-state index contributed by atoms with van der Waals surface area (Å²) < 4.78 is 29.0. The molecule has 3 aromatic carbocycles. The van der Waals surface area contributed by atoms with Gasteiger partial charge in [-0.15, -0.1) is 0 Å². The molecule has 0 unspecified atom stereocenters. The molecule has 0 aliphatic rings. The molecule has 0 saturated heterocycles. The van der Waals surface area contributed by atoms with Gasteiger partial charge in [0.2, 0.25) is 0 Å². The molecule has 190 valence electrons. The molecule has 0 saturated carbocycles. The number of hydrazone groups is 1. The number of hydrogen-bond donors (Lipinski definition) is 1. The Morgan fingerprint density at radius 2 is 1.59 bits per heavy atom. The van der Waals surface area contributed by atoms with Gasteiger partial charge in [0.1, 0.15) is 0 Å². The maximum absolute atomic E-state index is 12.8. The summed E-state index contributed by atoms with van der Waals surface area (Å²) in [5.74, 6) is -0.389. The van der Waals surface area contributed by atoms with E-state index in [9.17, 15) is 13.2 Å². The van der Waals surface area contributed by atoms with Gasteiger partial charge in [-0.05, 0) is 81.8 Å². The molecule has 8 heteroatoms. The zero-order valence-corrected chi connectivity index (χ0v) is 22.4. The van der Waals surface area contributed by atoms with E-state index >= 15 is 0 Å². The second-order valence-electron chi connectivity index (χ2n) is 8.98. The van der Waals surface area contributed by atoms with Crippen molar-refractivity contribution in [1.29, 1.82) is 0 Å². The first kappa shape index (κ1) is 25.9. The van der Waals surface area contributed by atoms with Crippen LogP contribution in [0.3, 0.4) is 0 Å². The van der Waals surface area contributed by atoms with Crippen LogP contribution < -0.4 is 9.73 Å². The lowest BCUT2D eigenvalue weighted by Crippen LogP contribution is -2.26. The van der Waals surface area contributed by atoms with E-state index in [1.165, 1.54) is 22.5 Å². The molecule has 1 amide bonds. The summed E-state index contributed by atoms with van der Waals surface area (Å²) in [6.07, 6.45) is 1.63. The van der Waals surface area contributed by atoms with Crippen molar-refractivity contribution in [3.05, 3.63) is 113 Å². The Balaban J connectivity index is 1.46. The number of amides is 1. The Morgan fingerprint density at radius 1 is 0.919 bits per heavy atom. The van der Waals surface area contributed by atoms with Gasteiger partial charge in [-0.1, -0.05) is 35.9 Å². The summed E-state index contributed by atoms with van der Waals surface area (Å²) in [6, 6.07) is 22.9. The van der Waals surface area contributed by atoms with Crippen molar-refractivity contribution in [2.75, 3.05) is 11.4 Å². The first-order chi connectivity index (χ1) is 17.6. The Bertz CT molecular complexity index is 1570. The van der Waals surface area contributed by atoms with Crippen LogP contribution in [-0.4, -0.2) is 32.2 Å². The lowest BCUT2D eigenvalue weighted by molar-refractivity contribution is 0.0955. The van der Waals surface area contributed by atoms with Crippen LogP contribution in [0.1, 0.15) is 38.4 Å². The molecule has 1 N–H and O–H groups in total. The number of carbonyl (C=O) groups is 1. The molecule has 0 atom stereocenters. The van der Waals surface area contributed by atoms with Gasteiger partial charge in [-0.25, -0.2) is 13.8 Å². The van der Waals surface area contributed by atoms with E-state index in [0.29, 0.717) is 11.3 Å². The largest absolute Gasteiger partial charge is 0.318 e. The fourth-order valence-electron chi connectivity index (χ4n) is 4.28. The Labute approximate surface area is 218 Å². The van der Waals surface area contributed by atoms with Gasteiger partial charge in [0.15, 0.2) is 0 Å². The van der Waals surface area contributed by atoms with E-state index in [1.54, 1.807) is 60.8 Å². The molecule has 1 heterocycles. The van der Waals surface area contributed by atoms with Crippen LogP contribution in [-0.2, 0) is 10.0 Å². The first-order valence-electron chi connectivity index (χ1n) is 11.8. The third kappa shape index (κ3) is 5.34. The van der Waals surface area contributed by atoms with Gasteiger partial charge in [0.05, 0.1) is 16.8 Å². The minimum absolute atomic E-state index is 0.200. The van der Waals surface area contributed by atoms with Gasteiger partial charge in [-0.2, -0.15) is 5.10 Å². The van der Waals surface area contributed by atoms with Crippen molar-refractivity contribution < 1.29 is 13.2 Å². The van der Waals surface area contributed by atoms with Crippen molar-refractivity contribution in [3.8, 4) is 5.69 Å². The SMILES string of the molecule is Cc1ccc(-n2c(C)cc(/C=N/NC(=O)c3ccc(N(C)S(=O)(=O)c4ccccc4)cc3)c2C)c(C)c1. The zero-order chi connectivity index (χ0) is 26.7. The standard InChI is InChI=1S/C29H30N4O3S/c1-20-11-16-28(21(2)17-20)33-22(3)18-25(23(33)4)19-30-31-29(34)24-12-14-26(15-13-24)32(5)37(35,36)27-9-7-6-8-10-27/h6-19H,1-5H3,(H,31,34)/b30-19+. The van der Waals surface area contributed by atoms with Crippen molar-refractivity contribution in [2.24, 2.45) is 5.10 Å². The summed E-state index contributed by atoms with van der Waals surface area (Å²) in [6.45, 7) is 8.23. The highest BCUT2D eigenvalue weighted by molar-refractivity contribution is 7.92. The molecule has 4 aromatic rings. The number of sulfonamides is 1. The third-order valence-corrected chi connectivity index (χ3v) is 8.13. The maximum atomic E-state index is 12.8. The Morgan fingerprint density at radius 3 is 2.24 bits per heavy atom. The number of aromatic nitrogens is 1. The van der Waals surface area contributed by atoms with Crippen LogP contribution >= 0.6 is 0 Å². The molecule has 0 fully saturated rings. The number of nitrogens with zero attached hydrogens (tertiary/aromatic N) is 3. The van der Waals surface area contributed by atoms with E-state index in [-0.39, 0.29) is 10.8 Å². The smallest absolute Gasteiger partial charge is 0.271 e. The lowest BCUT2D eigenvalue weighted by atomic mass is 10.1. The summed E-state index contributed by atoms with van der Waals surface area (Å²) >= 11 is 0. The van der Waals surface area contributed by atoms with Crippen LogP contribution in [0.5, 0.6) is 0 Å². The number of anilines is 1. The maximum Gasteiger partial charge on any atom is 0.271 e. The Hall–Kier alpha value is -4.17. The van der Waals surface area contributed by atoms with Crippen LogP contribution in [0.15, 0.2) is 88.9 Å². The molecular weight excluding hydrogens is 484 g/mol. The molecule has 0 spiro atoms. The van der Waals surface area contributed by atoms with Crippen molar-refractivity contribution in [3.63, 3.8) is 0 Å². The van der Waals surface area contributed by atoms with Crippen molar-refractivity contribution in [1.82, 2.24) is 9.99 Å². The summed E-state index contributed by atoms with van der Waals surface area (Å²) in [5, 5.41) is 4.16. The van der Waals surface area contributed by atoms with E-state index in [2.05, 4.69) is 47.1 Å². The predicted molar refractivity (Wildman–Crippen MR) is 148 cm³/mol. The highest BCUT2D eigenvalue weighted by Crippen LogP contribution is 2.24. The van der Waals surface area contributed by atoms with Gasteiger partial charge in [0, 0.05) is 35.2 Å². The van der Waals surface area contributed by atoms with Crippen LogP contribution in [0.2, 0.25) is 0 Å². The first-order valence-corrected chi connectivity index (χ1v) is 13.3. The molecular formula is C29H30N4O3S. The number of rotatable bonds is 7. The van der Waals surface area contributed by atoms with E-state index in [4.69, 9.17) is 0 Å². The number of hydrogen-bond acceptors (Lipinski definition) is 4. The summed E-state index contributed by atoms with van der Waals surface area (Å²) in [7, 11) is -2.21. The highest BCUT2D eigenvalue weighted by atomic mass is 32.2. The second-order valence-corrected chi connectivity index (χ2v) is 11.0. The molecule has 37 heavy (non-hydrogen) atoms. The second kappa shape index (κ2) is 10.4. The van der Waals surface area contributed by atoms with E-state index in [0.717, 1.165) is 22.6 Å². The number of aryl methyl sites for hydroxylation is 3. The van der Waals surface area contributed by atoms with E-state index < -0.39 is 10.0 Å². The average Bonchev–Trinajstić information content (AvgIpc) is 3.16. The fourth-order valence-corrected chi connectivity index (χ4v) is 5.50. The minimum Gasteiger partial charge on any atom is -0.318 e. The molecule has 0 aliphatic carbocycles. The van der Waals surface area contributed by atoms with Gasteiger partial charge >= 0.3 is 0 Å². The van der Waals surface area contributed by atoms with Crippen LogP contribution in [0, 0.1) is 27.7 Å². The predicted octanol–water partition coefficient (Wildman–Crippen LogP) is 5.30. The molecule has 4 rings (SSSR count). The molecule has 0 aliphatic heterocycles. The zero-order valence-electron chi connectivity index (χ0n) is 21.6. The molecule has 0 bridgehead atoms. The number of nitrogens with one attached hydrogen (secondary N) is 1. The lowest BCUT2D eigenvalue weighted by Gasteiger charge is -2.19. The normalized spacial score (nSPS) is 11.6. The summed E-state index contributed by atoms with van der Waals surface area (Å²) in [5.41, 5.74) is 9.88. The van der Waals surface area contributed by atoms with E-state index in [1.807, 2.05) is 19.9 Å². The molecule has 0 radical (unpaired) electrons. The summed E-state index contributed by atoms with van der Waals surface area (Å²) in [4.78, 5) is 12.8. The number of carbonyl (C=O) groups excluding carboxylic acids is 1. The van der Waals surface area contributed by atoms with Crippen molar-refractivity contribution >= 4 is 27.8 Å². The van der Waals surface area contributed by atoms with Crippen LogP contribution in [0.25, 0.3) is 5.69 Å². The Kier molecular flexibility index (Phi) is 7.31. The number of benzene rings is 3. The van der Waals surface area contributed by atoms with Crippen LogP contribution in [0.4, 0.5) is 5.69 Å². The van der Waals surface area contributed by atoms with Gasteiger partial charge in [-0.3, -0.25) is 9.10 Å². The third-order valence-electron chi connectivity index (χ3n) is 6.33. The highest BCUT2D eigenvalue weighted by Gasteiger charge is 2.21. The average molecular weight is 515 g/mol. The topological polar surface area (TPSA) is 83.8 Å². The minimum atomic E-state index is -3.69. The van der Waals surface area contributed by atoms with Gasteiger partial charge < -0.3 is 4.57 Å². The molecule has 1 aromatic heterocycles. The monoisotopic (exact) mass is 514 g/mol. The fraction of sp³-hybridized carbons (Fsp3) is 0.172. The quantitative estimate of drug-likeness (QED) is 0.268. The van der Waals surface area contributed by atoms with Gasteiger partial charge in [0.25, 0.3) is 15.9 Å².